The number of amides is 1. The van der Waals surface area contributed by atoms with E-state index >= 15 is 0 Å². The zero-order valence-electron chi connectivity index (χ0n) is 7.77. The number of carbonyl (C=O) groups excluding carboxylic acids is 1. The monoisotopic (exact) mass is 205 g/mol. The molecule has 2 heterocycles. The summed E-state index contributed by atoms with van der Waals surface area (Å²) in [5, 5.41) is 0.299. The first-order valence-electron chi connectivity index (χ1n) is 4.85. The minimum atomic E-state index is 0.299. The molecule has 1 saturated heterocycles. The molecule has 0 radical (unpaired) electrons. The standard InChI is InChI=1S/C11H11NOS/c13-10-7-14-11-9-4-2-1-3-8(9)5-6-12(10)11/h1-4,11H,5-7H2. The van der Waals surface area contributed by atoms with Gasteiger partial charge >= 0.3 is 0 Å². The first-order valence-corrected chi connectivity index (χ1v) is 5.90. The summed E-state index contributed by atoms with van der Waals surface area (Å²) >= 11 is 1.75. The highest BCUT2D eigenvalue weighted by Gasteiger charge is 2.36. The fourth-order valence-corrected chi connectivity index (χ4v) is 3.48. The van der Waals surface area contributed by atoms with Crippen molar-refractivity contribution in [3.8, 4) is 0 Å². The van der Waals surface area contributed by atoms with Crippen LogP contribution < -0.4 is 0 Å². The fourth-order valence-electron chi connectivity index (χ4n) is 2.20. The maximum absolute atomic E-state index is 11.5. The van der Waals surface area contributed by atoms with Gasteiger partial charge in [-0.3, -0.25) is 4.79 Å². The molecule has 1 unspecified atom stereocenters. The zero-order valence-corrected chi connectivity index (χ0v) is 8.59. The third kappa shape index (κ3) is 1.08. The van der Waals surface area contributed by atoms with E-state index in [4.69, 9.17) is 0 Å². The summed E-state index contributed by atoms with van der Waals surface area (Å²) in [6.45, 7) is 0.896. The molecular formula is C11H11NOS. The highest BCUT2D eigenvalue weighted by atomic mass is 32.2. The number of benzene rings is 1. The number of hydrogen-bond donors (Lipinski definition) is 0. The Morgan fingerprint density at radius 2 is 2.21 bits per heavy atom. The van der Waals surface area contributed by atoms with E-state index in [-0.39, 0.29) is 0 Å². The summed E-state index contributed by atoms with van der Waals surface area (Å²) in [4.78, 5) is 13.5. The quantitative estimate of drug-likeness (QED) is 0.644. The van der Waals surface area contributed by atoms with E-state index in [2.05, 4.69) is 24.3 Å². The minimum Gasteiger partial charge on any atom is -0.325 e. The van der Waals surface area contributed by atoms with E-state index < -0.39 is 0 Å². The lowest BCUT2D eigenvalue weighted by Crippen LogP contribution is -2.34. The van der Waals surface area contributed by atoms with Gasteiger partial charge in [-0.1, -0.05) is 24.3 Å². The maximum Gasteiger partial charge on any atom is 0.233 e. The summed E-state index contributed by atoms with van der Waals surface area (Å²) in [6, 6.07) is 8.47. The average molecular weight is 205 g/mol. The Balaban J connectivity index is 2.07. The topological polar surface area (TPSA) is 20.3 Å². The van der Waals surface area contributed by atoms with Gasteiger partial charge < -0.3 is 4.90 Å². The van der Waals surface area contributed by atoms with Crippen LogP contribution in [0.3, 0.4) is 0 Å². The summed E-state index contributed by atoms with van der Waals surface area (Å²) < 4.78 is 0. The van der Waals surface area contributed by atoms with Gasteiger partial charge in [-0.15, -0.1) is 11.8 Å². The molecule has 2 aliphatic rings. The predicted molar refractivity (Wildman–Crippen MR) is 57.1 cm³/mol. The van der Waals surface area contributed by atoms with Gasteiger partial charge in [0.05, 0.1) is 5.75 Å². The highest BCUT2D eigenvalue weighted by molar-refractivity contribution is 8.00. The number of rotatable bonds is 0. The van der Waals surface area contributed by atoms with Crippen LogP contribution in [0.5, 0.6) is 0 Å². The smallest absolute Gasteiger partial charge is 0.233 e. The Morgan fingerprint density at radius 1 is 1.36 bits per heavy atom. The molecule has 2 aliphatic heterocycles. The molecule has 0 aromatic heterocycles. The van der Waals surface area contributed by atoms with E-state index in [0.717, 1.165) is 13.0 Å². The number of carbonyl (C=O) groups is 1. The van der Waals surface area contributed by atoms with Crippen LogP contribution in [0.15, 0.2) is 24.3 Å². The van der Waals surface area contributed by atoms with Crippen LogP contribution in [-0.2, 0) is 11.2 Å². The number of thioether (sulfide) groups is 1. The zero-order chi connectivity index (χ0) is 9.54. The van der Waals surface area contributed by atoms with E-state index in [1.807, 2.05) is 4.90 Å². The average Bonchev–Trinajstić information content (AvgIpc) is 2.61. The summed E-state index contributed by atoms with van der Waals surface area (Å²) in [7, 11) is 0. The summed E-state index contributed by atoms with van der Waals surface area (Å²) in [6.07, 6.45) is 1.01. The minimum absolute atomic E-state index is 0.299. The molecule has 0 aliphatic carbocycles. The van der Waals surface area contributed by atoms with E-state index in [0.29, 0.717) is 17.0 Å². The second kappa shape index (κ2) is 3.02. The molecule has 1 aromatic carbocycles. The van der Waals surface area contributed by atoms with Gasteiger partial charge in [0.1, 0.15) is 5.37 Å². The SMILES string of the molecule is O=C1CSC2c3ccccc3CCN12. The molecule has 72 valence electrons. The van der Waals surface area contributed by atoms with Crippen molar-refractivity contribution in [1.82, 2.24) is 4.90 Å². The summed E-state index contributed by atoms with van der Waals surface area (Å²) in [5.41, 5.74) is 2.76. The van der Waals surface area contributed by atoms with Crippen LogP contribution in [0.4, 0.5) is 0 Å². The van der Waals surface area contributed by atoms with Gasteiger partial charge in [0.2, 0.25) is 5.91 Å². The van der Waals surface area contributed by atoms with Crippen LogP contribution in [0.25, 0.3) is 0 Å². The van der Waals surface area contributed by atoms with Crippen molar-refractivity contribution < 1.29 is 4.79 Å². The van der Waals surface area contributed by atoms with E-state index in [9.17, 15) is 4.79 Å². The Hall–Kier alpha value is -0.960. The van der Waals surface area contributed by atoms with Crippen molar-refractivity contribution in [2.24, 2.45) is 0 Å². The first-order chi connectivity index (χ1) is 6.86. The number of nitrogens with zero attached hydrogens (tertiary/aromatic N) is 1. The largest absolute Gasteiger partial charge is 0.325 e. The molecule has 0 bridgehead atoms. The molecule has 2 nitrogen and oxygen atoms in total. The third-order valence-electron chi connectivity index (χ3n) is 2.91. The van der Waals surface area contributed by atoms with Crippen LogP contribution in [0.1, 0.15) is 16.5 Å². The Morgan fingerprint density at radius 3 is 3.14 bits per heavy atom. The van der Waals surface area contributed by atoms with Crippen LogP contribution >= 0.6 is 11.8 Å². The van der Waals surface area contributed by atoms with Crippen LogP contribution in [0.2, 0.25) is 0 Å². The van der Waals surface area contributed by atoms with Gasteiger partial charge in [-0.25, -0.2) is 0 Å². The lowest BCUT2D eigenvalue weighted by Gasteiger charge is -2.30. The Labute approximate surface area is 87.3 Å². The maximum atomic E-state index is 11.5. The molecule has 0 spiro atoms. The molecule has 0 N–H and O–H groups in total. The lowest BCUT2D eigenvalue weighted by molar-refractivity contribution is -0.128. The van der Waals surface area contributed by atoms with Gasteiger partial charge in [0.25, 0.3) is 0 Å². The van der Waals surface area contributed by atoms with Crippen molar-refractivity contribution >= 4 is 17.7 Å². The van der Waals surface area contributed by atoms with Crippen LogP contribution in [0, 0.1) is 0 Å². The third-order valence-corrected chi connectivity index (χ3v) is 4.15. The molecule has 1 amide bonds. The normalized spacial score (nSPS) is 24.7. The molecule has 1 aromatic rings. The molecule has 0 saturated carbocycles. The second-order valence-electron chi connectivity index (χ2n) is 3.70. The van der Waals surface area contributed by atoms with Gasteiger partial charge in [-0.05, 0) is 17.5 Å². The molecule has 14 heavy (non-hydrogen) atoms. The van der Waals surface area contributed by atoms with E-state index in [1.54, 1.807) is 11.8 Å². The molecule has 1 atom stereocenters. The molecule has 3 heteroatoms. The van der Waals surface area contributed by atoms with Gasteiger partial charge in [0.15, 0.2) is 0 Å². The number of fused-ring (bicyclic) bond motifs is 3. The van der Waals surface area contributed by atoms with Crippen molar-refractivity contribution in [1.29, 1.82) is 0 Å². The number of hydrogen-bond acceptors (Lipinski definition) is 2. The van der Waals surface area contributed by atoms with Crippen molar-refractivity contribution in [2.45, 2.75) is 11.8 Å². The summed E-state index contributed by atoms with van der Waals surface area (Å²) in [5.74, 6) is 0.952. The highest BCUT2D eigenvalue weighted by Crippen LogP contribution is 2.42. The first kappa shape index (κ1) is 8.36. The van der Waals surface area contributed by atoms with Crippen molar-refractivity contribution in [3.05, 3.63) is 35.4 Å². The van der Waals surface area contributed by atoms with Gasteiger partial charge in [0, 0.05) is 6.54 Å². The lowest BCUT2D eigenvalue weighted by atomic mass is 10.00. The molecule has 1 fully saturated rings. The molecular weight excluding hydrogens is 194 g/mol. The van der Waals surface area contributed by atoms with Crippen LogP contribution in [-0.4, -0.2) is 23.1 Å². The second-order valence-corrected chi connectivity index (χ2v) is 4.77. The molecule has 3 rings (SSSR count). The fraction of sp³-hybridized carbons (Fsp3) is 0.364. The van der Waals surface area contributed by atoms with Gasteiger partial charge in [-0.2, -0.15) is 0 Å². The van der Waals surface area contributed by atoms with Crippen molar-refractivity contribution in [2.75, 3.05) is 12.3 Å². The van der Waals surface area contributed by atoms with Crippen molar-refractivity contribution in [3.63, 3.8) is 0 Å². The Kier molecular flexibility index (Phi) is 1.80. The van der Waals surface area contributed by atoms with E-state index in [1.165, 1.54) is 11.1 Å². The predicted octanol–water partition coefficient (Wildman–Crippen LogP) is 1.82. The Bertz CT molecular complexity index is 391.